The Hall–Kier alpha value is -2.36. The normalized spacial score (nSPS) is 22.6. The number of piperidine rings is 1. The fourth-order valence-corrected chi connectivity index (χ4v) is 4.94. The molecule has 4 N–H and O–H groups in total. The molecular weight excluding hydrogens is 454 g/mol. The Kier molecular flexibility index (Phi) is 7.64. The minimum absolute atomic E-state index is 0.0396. The first-order valence-corrected chi connectivity index (χ1v) is 12.4. The molecule has 0 aliphatic carbocycles. The summed E-state index contributed by atoms with van der Waals surface area (Å²) in [5.41, 5.74) is 6.67. The minimum Gasteiger partial charge on any atom is -0.368 e. The molecule has 186 valence electrons. The zero-order valence-corrected chi connectivity index (χ0v) is 21.0. The lowest BCUT2D eigenvalue weighted by atomic mass is 9.96. The molecule has 2 aromatic rings. The molecule has 9 nitrogen and oxygen atoms in total. The summed E-state index contributed by atoms with van der Waals surface area (Å²) in [6.07, 6.45) is 3.39. The van der Waals surface area contributed by atoms with Crippen molar-refractivity contribution in [3.05, 3.63) is 34.9 Å². The SMILES string of the molecule is CC(C)(C)NC(=O)[C@H]1CN(C2CCN(c3n[nH]c(N)n3)CC2)[C@@H](CCc2ccc(Cl)cc2)CO1. The summed E-state index contributed by atoms with van der Waals surface area (Å²) in [5, 5.41) is 10.7. The first kappa shape index (κ1) is 24.8. The number of H-pyrrole nitrogens is 1. The van der Waals surface area contributed by atoms with E-state index in [1.807, 2.05) is 32.9 Å². The van der Waals surface area contributed by atoms with Gasteiger partial charge >= 0.3 is 0 Å². The van der Waals surface area contributed by atoms with Gasteiger partial charge in [0.05, 0.1) is 6.61 Å². The summed E-state index contributed by atoms with van der Waals surface area (Å²) >= 11 is 6.05. The van der Waals surface area contributed by atoms with Crippen molar-refractivity contribution in [2.75, 3.05) is 36.9 Å². The third kappa shape index (κ3) is 6.40. The van der Waals surface area contributed by atoms with Gasteiger partial charge in [0, 0.05) is 42.3 Å². The highest BCUT2D eigenvalue weighted by atomic mass is 35.5. The van der Waals surface area contributed by atoms with E-state index in [1.54, 1.807) is 0 Å². The van der Waals surface area contributed by atoms with Gasteiger partial charge in [-0.15, -0.1) is 5.10 Å². The highest BCUT2D eigenvalue weighted by Crippen LogP contribution is 2.27. The Morgan fingerprint density at radius 1 is 1.26 bits per heavy atom. The maximum Gasteiger partial charge on any atom is 0.250 e. The van der Waals surface area contributed by atoms with Crippen molar-refractivity contribution in [1.29, 1.82) is 0 Å². The average Bonchev–Trinajstić information content (AvgIpc) is 3.24. The standard InChI is InChI=1S/C24H36ClN7O2/c1-24(2,3)28-21(33)20-14-32(18-10-12-31(13-11-18)23-27-22(26)29-30-23)19(15-34-20)9-6-16-4-7-17(25)8-5-16/h4-5,7-8,18-20H,6,9-15H2,1-3H3,(H,28,33)(H3,26,27,29,30)/t19-,20+/m0/s1. The average molecular weight is 490 g/mol. The van der Waals surface area contributed by atoms with Crippen molar-refractivity contribution in [1.82, 2.24) is 25.4 Å². The van der Waals surface area contributed by atoms with Gasteiger partial charge in [-0.1, -0.05) is 23.7 Å². The van der Waals surface area contributed by atoms with E-state index < -0.39 is 6.10 Å². The number of nitrogen functional groups attached to an aromatic ring is 1. The fourth-order valence-electron chi connectivity index (χ4n) is 4.81. The second kappa shape index (κ2) is 10.5. The molecule has 3 heterocycles. The van der Waals surface area contributed by atoms with E-state index >= 15 is 0 Å². The van der Waals surface area contributed by atoms with Gasteiger partial charge in [0.15, 0.2) is 0 Å². The predicted octanol–water partition coefficient (Wildman–Crippen LogP) is 2.63. The van der Waals surface area contributed by atoms with Gasteiger partial charge in [-0.3, -0.25) is 9.69 Å². The maximum atomic E-state index is 12.9. The van der Waals surface area contributed by atoms with Gasteiger partial charge in [0.2, 0.25) is 11.9 Å². The number of halogens is 1. The zero-order valence-electron chi connectivity index (χ0n) is 20.3. The lowest BCUT2D eigenvalue weighted by Gasteiger charge is -2.46. The van der Waals surface area contributed by atoms with Crippen LogP contribution in [0.15, 0.2) is 24.3 Å². The van der Waals surface area contributed by atoms with Gasteiger partial charge in [0.1, 0.15) is 6.10 Å². The van der Waals surface area contributed by atoms with E-state index in [0.717, 1.165) is 43.8 Å². The summed E-state index contributed by atoms with van der Waals surface area (Å²) in [5.74, 6) is 0.946. The number of carbonyl (C=O) groups excluding carboxylic acids is 1. The third-order valence-corrected chi connectivity index (χ3v) is 6.76. The third-order valence-electron chi connectivity index (χ3n) is 6.51. The number of hydrogen-bond acceptors (Lipinski definition) is 7. The number of ether oxygens (including phenoxy) is 1. The second-order valence-electron chi connectivity index (χ2n) is 10.3. The van der Waals surface area contributed by atoms with E-state index in [9.17, 15) is 4.79 Å². The summed E-state index contributed by atoms with van der Waals surface area (Å²) in [6.45, 7) is 8.83. The molecule has 1 aromatic heterocycles. The van der Waals surface area contributed by atoms with E-state index in [4.69, 9.17) is 22.1 Å². The van der Waals surface area contributed by atoms with Gasteiger partial charge in [-0.25, -0.2) is 5.10 Å². The molecule has 4 rings (SSSR count). The molecule has 2 aliphatic heterocycles. The van der Waals surface area contributed by atoms with E-state index in [1.165, 1.54) is 5.56 Å². The molecule has 2 saturated heterocycles. The number of anilines is 2. The molecule has 0 saturated carbocycles. The molecule has 2 fully saturated rings. The van der Waals surface area contributed by atoms with Crippen LogP contribution < -0.4 is 16.0 Å². The van der Waals surface area contributed by atoms with Crippen LogP contribution in [0.2, 0.25) is 5.02 Å². The van der Waals surface area contributed by atoms with Crippen LogP contribution in [0.25, 0.3) is 0 Å². The van der Waals surface area contributed by atoms with Crippen molar-refractivity contribution in [3.63, 3.8) is 0 Å². The van der Waals surface area contributed by atoms with Crippen molar-refractivity contribution in [2.24, 2.45) is 0 Å². The van der Waals surface area contributed by atoms with E-state index in [0.29, 0.717) is 31.1 Å². The summed E-state index contributed by atoms with van der Waals surface area (Å²) < 4.78 is 6.10. The van der Waals surface area contributed by atoms with Crippen molar-refractivity contribution >= 4 is 29.4 Å². The predicted molar refractivity (Wildman–Crippen MR) is 134 cm³/mol. The Balaban J connectivity index is 1.42. The van der Waals surface area contributed by atoms with Gasteiger partial charge in [-0.05, 0) is 64.2 Å². The summed E-state index contributed by atoms with van der Waals surface area (Å²) in [7, 11) is 0. The molecule has 34 heavy (non-hydrogen) atoms. The number of carbonyl (C=O) groups is 1. The second-order valence-corrected chi connectivity index (χ2v) is 10.8. The molecular formula is C24H36ClN7O2. The van der Waals surface area contributed by atoms with Crippen LogP contribution in [0.4, 0.5) is 11.9 Å². The fraction of sp³-hybridized carbons (Fsp3) is 0.625. The molecule has 0 radical (unpaired) electrons. The largest absolute Gasteiger partial charge is 0.368 e. The minimum atomic E-state index is -0.461. The van der Waals surface area contributed by atoms with Crippen LogP contribution in [0.3, 0.4) is 0 Å². The molecule has 0 spiro atoms. The van der Waals surface area contributed by atoms with Crippen molar-refractivity contribution in [3.8, 4) is 0 Å². The van der Waals surface area contributed by atoms with Crippen LogP contribution in [0.1, 0.15) is 45.6 Å². The Morgan fingerprint density at radius 2 is 1.97 bits per heavy atom. The molecule has 2 atom stereocenters. The lowest BCUT2D eigenvalue weighted by molar-refractivity contribution is -0.146. The smallest absolute Gasteiger partial charge is 0.250 e. The van der Waals surface area contributed by atoms with E-state index in [2.05, 4.69) is 42.4 Å². The topological polar surface area (TPSA) is 112 Å². The number of aryl methyl sites for hydroxylation is 1. The van der Waals surface area contributed by atoms with Crippen molar-refractivity contribution in [2.45, 2.75) is 70.2 Å². The molecule has 2 aliphatic rings. The van der Waals surface area contributed by atoms with Crippen molar-refractivity contribution < 1.29 is 9.53 Å². The first-order valence-electron chi connectivity index (χ1n) is 12.0. The number of nitrogens with two attached hydrogens (primary N) is 1. The van der Waals surface area contributed by atoms with Gasteiger partial charge in [-0.2, -0.15) is 4.98 Å². The number of amides is 1. The van der Waals surface area contributed by atoms with Crippen LogP contribution in [-0.4, -0.2) is 76.0 Å². The van der Waals surface area contributed by atoms with Gasteiger partial charge in [0.25, 0.3) is 5.91 Å². The van der Waals surface area contributed by atoms with Gasteiger partial charge < -0.3 is 20.7 Å². The maximum absolute atomic E-state index is 12.9. The molecule has 10 heteroatoms. The lowest BCUT2D eigenvalue weighted by Crippen LogP contribution is -2.60. The Morgan fingerprint density at radius 3 is 2.59 bits per heavy atom. The number of rotatable bonds is 6. The molecule has 0 bridgehead atoms. The monoisotopic (exact) mass is 489 g/mol. The number of morpholine rings is 1. The number of hydrogen-bond donors (Lipinski definition) is 3. The Labute approximate surface area is 206 Å². The highest BCUT2D eigenvalue weighted by Gasteiger charge is 2.38. The van der Waals surface area contributed by atoms with E-state index in [-0.39, 0.29) is 17.5 Å². The summed E-state index contributed by atoms with van der Waals surface area (Å²) in [6, 6.07) is 8.66. The number of nitrogens with zero attached hydrogens (tertiary/aromatic N) is 4. The number of aromatic nitrogens is 3. The quantitative estimate of drug-likeness (QED) is 0.571. The Bertz CT molecular complexity index is 951. The molecule has 1 amide bonds. The zero-order chi connectivity index (χ0) is 24.3. The summed E-state index contributed by atoms with van der Waals surface area (Å²) in [4.78, 5) is 21.8. The number of aromatic amines is 1. The number of benzene rings is 1. The highest BCUT2D eigenvalue weighted by molar-refractivity contribution is 6.30. The first-order chi connectivity index (χ1) is 16.2. The molecule has 1 aromatic carbocycles. The van der Waals surface area contributed by atoms with Crippen LogP contribution in [0, 0.1) is 0 Å². The number of nitrogens with one attached hydrogen (secondary N) is 2. The van der Waals surface area contributed by atoms with Crippen LogP contribution in [-0.2, 0) is 16.0 Å². The van der Waals surface area contributed by atoms with Crippen LogP contribution >= 0.6 is 11.6 Å². The van der Waals surface area contributed by atoms with Crippen LogP contribution in [0.5, 0.6) is 0 Å². The molecule has 0 unspecified atom stereocenters.